The molecule has 0 bridgehead atoms. The Labute approximate surface area is 247 Å². The summed E-state index contributed by atoms with van der Waals surface area (Å²) >= 11 is 12.3. The van der Waals surface area contributed by atoms with E-state index in [1.165, 1.54) is 17.0 Å². The van der Waals surface area contributed by atoms with Gasteiger partial charge in [-0.1, -0.05) is 66.5 Å². The van der Waals surface area contributed by atoms with Crippen molar-refractivity contribution in [3.05, 3.63) is 93.5 Å². The zero-order chi connectivity index (χ0) is 29.6. The van der Waals surface area contributed by atoms with E-state index in [0.717, 1.165) is 16.3 Å². The molecule has 0 saturated heterocycles. The minimum absolute atomic E-state index is 0.0246. The van der Waals surface area contributed by atoms with Crippen LogP contribution in [0.15, 0.2) is 71.6 Å². The van der Waals surface area contributed by atoms with E-state index < -0.39 is 28.5 Å². The first-order valence-corrected chi connectivity index (χ1v) is 15.2. The van der Waals surface area contributed by atoms with Crippen molar-refractivity contribution in [2.45, 2.75) is 64.6 Å². The second-order valence-corrected chi connectivity index (χ2v) is 12.6. The quantitative estimate of drug-likeness (QED) is 0.285. The maximum absolute atomic E-state index is 14.0. The molecule has 7 nitrogen and oxygen atoms in total. The molecule has 3 rings (SSSR count). The number of anilines is 1. The Morgan fingerprint density at radius 2 is 1.60 bits per heavy atom. The highest BCUT2D eigenvalue weighted by molar-refractivity contribution is 7.92. The minimum Gasteiger partial charge on any atom is -0.352 e. The molecular weight excluding hydrogens is 569 g/mol. The highest BCUT2D eigenvalue weighted by Crippen LogP contribution is 2.29. The number of amides is 2. The van der Waals surface area contributed by atoms with Crippen molar-refractivity contribution in [1.82, 2.24) is 10.2 Å². The van der Waals surface area contributed by atoms with Gasteiger partial charge in [0, 0.05) is 12.6 Å². The van der Waals surface area contributed by atoms with Gasteiger partial charge in [-0.05, 0) is 81.1 Å². The van der Waals surface area contributed by atoms with E-state index in [4.69, 9.17) is 23.2 Å². The van der Waals surface area contributed by atoms with E-state index in [1.807, 2.05) is 32.9 Å². The predicted octanol–water partition coefficient (Wildman–Crippen LogP) is 6.14. The van der Waals surface area contributed by atoms with Crippen molar-refractivity contribution in [2.24, 2.45) is 0 Å². The summed E-state index contributed by atoms with van der Waals surface area (Å²) in [7, 11) is -4.13. The third kappa shape index (κ3) is 7.56. The average molecular weight is 605 g/mol. The van der Waals surface area contributed by atoms with Gasteiger partial charge in [0.05, 0.1) is 20.6 Å². The van der Waals surface area contributed by atoms with Crippen molar-refractivity contribution in [3.63, 3.8) is 0 Å². The number of carbonyl (C=O) groups is 2. The van der Waals surface area contributed by atoms with Gasteiger partial charge in [0.2, 0.25) is 11.8 Å². The third-order valence-corrected chi connectivity index (χ3v) is 9.26. The smallest absolute Gasteiger partial charge is 0.264 e. The second-order valence-electron chi connectivity index (χ2n) is 9.88. The molecule has 0 aliphatic rings. The Balaban J connectivity index is 2.07. The lowest BCUT2D eigenvalue weighted by atomic mass is 10.1. The lowest BCUT2D eigenvalue weighted by molar-refractivity contribution is -0.139. The van der Waals surface area contributed by atoms with Crippen molar-refractivity contribution in [3.8, 4) is 0 Å². The van der Waals surface area contributed by atoms with E-state index in [1.54, 1.807) is 56.3 Å². The van der Waals surface area contributed by atoms with Crippen LogP contribution in [-0.4, -0.2) is 43.8 Å². The Hall–Kier alpha value is -3.07. The summed E-state index contributed by atoms with van der Waals surface area (Å²) in [6, 6.07) is 17.4. The lowest BCUT2D eigenvalue weighted by Crippen LogP contribution is -2.52. The summed E-state index contributed by atoms with van der Waals surface area (Å²) in [6.45, 7) is 8.62. The Kier molecular flexibility index (Phi) is 10.6. The molecule has 2 amide bonds. The van der Waals surface area contributed by atoms with Crippen LogP contribution in [0.1, 0.15) is 43.9 Å². The number of halogens is 2. The molecule has 0 aliphatic heterocycles. The summed E-state index contributed by atoms with van der Waals surface area (Å²) in [4.78, 5) is 28.6. The van der Waals surface area contributed by atoms with Crippen LogP contribution in [0.25, 0.3) is 0 Å². The molecule has 3 aromatic rings. The Morgan fingerprint density at radius 3 is 2.23 bits per heavy atom. The van der Waals surface area contributed by atoms with Crippen LogP contribution >= 0.6 is 23.2 Å². The fourth-order valence-electron chi connectivity index (χ4n) is 4.10. The van der Waals surface area contributed by atoms with Gasteiger partial charge in [-0.3, -0.25) is 13.9 Å². The molecule has 0 unspecified atom stereocenters. The van der Waals surface area contributed by atoms with E-state index in [-0.39, 0.29) is 23.4 Å². The first-order valence-electron chi connectivity index (χ1n) is 13.0. The number of hydrogen-bond acceptors (Lipinski definition) is 4. The molecule has 214 valence electrons. The zero-order valence-corrected chi connectivity index (χ0v) is 25.6. The summed E-state index contributed by atoms with van der Waals surface area (Å²) in [5.41, 5.74) is 2.57. The molecule has 0 heterocycles. The monoisotopic (exact) mass is 603 g/mol. The highest BCUT2D eigenvalue weighted by Gasteiger charge is 2.33. The predicted molar refractivity (Wildman–Crippen MR) is 161 cm³/mol. The minimum atomic E-state index is -4.13. The fourth-order valence-corrected chi connectivity index (χ4v) is 5.92. The molecule has 0 spiro atoms. The van der Waals surface area contributed by atoms with Gasteiger partial charge in [0.15, 0.2) is 0 Å². The SMILES string of the molecule is CC[C@@H](C)NC(=O)[C@H](C)N(Cc1ccc(Cl)c(Cl)c1)C(=O)CN(c1cc(C)ccc1C)S(=O)(=O)c1ccccc1. The number of aryl methyl sites for hydroxylation is 2. The molecule has 2 atom stereocenters. The number of carbonyl (C=O) groups excluding carboxylic acids is 2. The average Bonchev–Trinajstić information content (AvgIpc) is 2.93. The van der Waals surface area contributed by atoms with Gasteiger partial charge < -0.3 is 10.2 Å². The molecule has 0 aromatic heterocycles. The molecule has 0 radical (unpaired) electrons. The number of sulfonamides is 1. The maximum atomic E-state index is 14.0. The largest absolute Gasteiger partial charge is 0.352 e. The molecule has 0 aliphatic carbocycles. The van der Waals surface area contributed by atoms with Crippen LogP contribution in [-0.2, 0) is 26.2 Å². The standard InChI is InChI=1S/C30H35Cl2N3O4S/c1-6-22(4)33-30(37)23(5)34(18-24-14-15-26(31)27(32)17-24)29(36)19-35(28-16-20(2)12-13-21(28)3)40(38,39)25-10-8-7-9-11-25/h7-17,22-23H,6,18-19H2,1-5H3,(H,33,37)/t22-,23+/m1/s1. The summed E-state index contributed by atoms with van der Waals surface area (Å²) in [6.07, 6.45) is 0.717. The zero-order valence-electron chi connectivity index (χ0n) is 23.3. The van der Waals surface area contributed by atoms with Gasteiger partial charge in [-0.2, -0.15) is 0 Å². The number of benzene rings is 3. The van der Waals surface area contributed by atoms with Crippen LogP contribution in [0.5, 0.6) is 0 Å². The first kappa shape index (κ1) is 31.5. The molecular formula is C30H35Cl2N3O4S. The first-order chi connectivity index (χ1) is 18.8. The molecule has 1 N–H and O–H groups in total. The van der Waals surface area contributed by atoms with Crippen molar-refractivity contribution in [2.75, 3.05) is 10.8 Å². The second kappa shape index (κ2) is 13.5. The third-order valence-electron chi connectivity index (χ3n) is 6.75. The van der Waals surface area contributed by atoms with E-state index >= 15 is 0 Å². The fraction of sp³-hybridized carbons (Fsp3) is 0.333. The number of hydrogen-bond donors (Lipinski definition) is 1. The van der Waals surface area contributed by atoms with E-state index in [2.05, 4.69) is 5.32 Å². The van der Waals surface area contributed by atoms with Gasteiger partial charge in [-0.25, -0.2) is 8.42 Å². The van der Waals surface area contributed by atoms with Gasteiger partial charge in [0.25, 0.3) is 10.0 Å². The Morgan fingerprint density at radius 1 is 0.925 bits per heavy atom. The topological polar surface area (TPSA) is 86.8 Å². The van der Waals surface area contributed by atoms with Gasteiger partial charge >= 0.3 is 0 Å². The molecule has 0 saturated carbocycles. The van der Waals surface area contributed by atoms with E-state index in [9.17, 15) is 18.0 Å². The molecule has 3 aromatic carbocycles. The number of rotatable bonds is 11. The van der Waals surface area contributed by atoms with Crippen LogP contribution in [0.2, 0.25) is 10.0 Å². The molecule has 10 heteroatoms. The van der Waals surface area contributed by atoms with Crippen LogP contribution in [0, 0.1) is 13.8 Å². The normalized spacial score (nSPS) is 12.9. The number of nitrogens with one attached hydrogen (secondary N) is 1. The maximum Gasteiger partial charge on any atom is 0.264 e. The van der Waals surface area contributed by atoms with Crippen molar-refractivity contribution >= 4 is 50.7 Å². The highest BCUT2D eigenvalue weighted by atomic mass is 35.5. The number of nitrogens with zero attached hydrogens (tertiary/aromatic N) is 2. The van der Waals surface area contributed by atoms with Gasteiger partial charge in [0.1, 0.15) is 12.6 Å². The Bertz CT molecular complexity index is 1470. The van der Waals surface area contributed by atoms with Crippen LogP contribution in [0.4, 0.5) is 5.69 Å². The summed E-state index contributed by atoms with van der Waals surface area (Å²) < 4.78 is 29.0. The molecule has 40 heavy (non-hydrogen) atoms. The molecule has 0 fully saturated rings. The van der Waals surface area contributed by atoms with Crippen LogP contribution < -0.4 is 9.62 Å². The van der Waals surface area contributed by atoms with Crippen LogP contribution in [0.3, 0.4) is 0 Å². The summed E-state index contributed by atoms with van der Waals surface area (Å²) in [5.74, 6) is -0.884. The van der Waals surface area contributed by atoms with Crippen molar-refractivity contribution in [1.29, 1.82) is 0 Å². The van der Waals surface area contributed by atoms with Crippen molar-refractivity contribution < 1.29 is 18.0 Å². The van der Waals surface area contributed by atoms with Gasteiger partial charge in [-0.15, -0.1) is 0 Å². The summed E-state index contributed by atoms with van der Waals surface area (Å²) in [5, 5.41) is 3.59. The van der Waals surface area contributed by atoms with E-state index in [0.29, 0.717) is 26.9 Å². The lowest BCUT2D eigenvalue weighted by Gasteiger charge is -2.33.